The van der Waals surface area contributed by atoms with Crippen LogP contribution in [-0.4, -0.2) is 39.0 Å². The lowest BCUT2D eigenvalue weighted by Crippen LogP contribution is -2.06. The summed E-state index contributed by atoms with van der Waals surface area (Å²) in [7, 11) is 0. The van der Waals surface area contributed by atoms with E-state index in [0.29, 0.717) is 32.9 Å². The SMILES string of the molecule is Cc1nc(Cl)c2c(n1)nc(C)n2CCCCn1c(C)nc2nc(Cl)nc(Cl)c21. The molecule has 8 nitrogen and oxygen atoms in total. The van der Waals surface area contributed by atoms with E-state index in [1.54, 1.807) is 6.92 Å². The minimum Gasteiger partial charge on any atom is -0.324 e. The number of halogens is 3. The molecule has 0 radical (unpaired) electrons. The fraction of sp³-hybridized carbons (Fsp3) is 0.412. The number of aryl methyl sites for hydroxylation is 5. The van der Waals surface area contributed by atoms with Gasteiger partial charge in [-0.3, -0.25) is 0 Å². The van der Waals surface area contributed by atoms with Crippen LogP contribution in [0.4, 0.5) is 0 Å². The molecule has 0 unspecified atom stereocenters. The van der Waals surface area contributed by atoms with Crippen LogP contribution in [0.25, 0.3) is 22.3 Å². The molecule has 4 aromatic heterocycles. The first kappa shape index (κ1) is 19.3. The van der Waals surface area contributed by atoms with Gasteiger partial charge >= 0.3 is 0 Å². The Hall–Kier alpha value is -2.03. The highest BCUT2D eigenvalue weighted by molar-refractivity contribution is 6.35. The number of imidazole rings is 2. The molecule has 0 fully saturated rings. The largest absolute Gasteiger partial charge is 0.324 e. The lowest BCUT2D eigenvalue weighted by molar-refractivity contribution is 0.553. The van der Waals surface area contributed by atoms with Gasteiger partial charge in [-0.2, -0.15) is 4.98 Å². The summed E-state index contributed by atoms with van der Waals surface area (Å²) in [6.07, 6.45) is 1.80. The number of rotatable bonds is 5. The third-order valence-corrected chi connectivity index (χ3v) is 5.30. The first-order chi connectivity index (χ1) is 13.3. The Morgan fingerprint density at radius 3 is 1.71 bits per heavy atom. The zero-order valence-corrected chi connectivity index (χ0v) is 17.8. The van der Waals surface area contributed by atoms with E-state index in [1.807, 2.05) is 18.4 Å². The van der Waals surface area contributed by atoms with Crippen molar-refractivity contribution in [1.29, 1.82) is 0 Å². The van der Waals surface area contributed by atoms with Crippen LogP contribution in [0.15, 0.2) is 0 Å². The molecule has 0 aliphatic rings. The molecular formula is C17H17Cl3N8. The molecule has 0 aromatic carbocycles. The number of nitrogens with zero attached hydrogens (tertiary/aromatic N) is 8. The fourth-order valence-corrected chi connectivity index (χ4v) is 4.15. The van der Waals surface area contributed by atoms with Crippen molar-refractivity contribution < 1.29 is 0 Å². The zero-order chi connectivity index (χ0) is 20.0. The van der Waals surface area contributed by atoms with Crippen LogP contribution in [0.5, 0.6) is 0 Å². The van der Waals surface area contributed by atoms with Crippen molar-refractivity contribution in [3.8, 4) is 0 Å². The zero-order valence-electron chi connectivity index (χ0n) is 15.5. The third-order valence-electron chi connectivity index (χ3n) is 4.60. The quantitative estimate of drug-likeness (QED) is 0.261. The summed E-state index contributed by atoms with van der Waals surface area (Å²) in [6, 6.07) is 0. The van der Waals surface area contributed by atoms with Crippen molar-refractivity contribution in [2.45, 2.75) is 46.7 Å². The second-order valence-electron chi connectivity index (χ2n) is 6.52. The molecule has 0 aliphatic heterocycles. The van der Waals surface area contributed by atoms with E-state index < -0.39 is 0 Å². The predicted molar refractivity (Wildman–Crippen MR) is 109 cm³/mol. The standard InChI is InChI=1S/C17H17Cl3N8/c1-8-21-13(18)11-15(22-8)23-9(2)27(11)6-4-5-7-28-10(3)24-16-12(28)14(19)25-17(20)26-16/h4-7H2,1-3H3. The van der Waals surface area contributed by atoms with E-state index in [4.69, 9.17) is 34.8 Å². The van der Waals surface area contributed by atoms with Crippen LogP contribution in [0.3, 0.4) is 0 Å². The molecule has 0 aliphatic carbocycles. The maximum absolute atomic E-state index is 6.33. The van der Waals surface area contributed by atoms with Crippen LogP contribution in [0.2, 0.25) is 15.6 Å². The highest BCUT2D eigenvalue weighted by atomic mass is 35.5. The van der Waals surface area contributed by atoms with Gasteiger partial charge < -0.3 is 9.13 Å². The minimum absolute atomic E-state index is 0.0962. The molecule has 0 atom stereocenters. The Bertz CT molecular complexity index is 1100. The van der Waals surface area contributed by atoms with Gasteiger partial charge in [-0.25, -0.2) is 24.9 Å². The lowest BCUT2D eigenvalue weighted by atomic mass is 10.3. The average molecular weight is 440 g/mol. The van der Waals surface area contributed by atoms with Gasteiger partial charge in [0.1, 0.15) is 28.5 Å². The Kier molecular flexibility index (Phi) is 5.11. The third kappa shape index (κ3) is 3.40. The van der Waals surface area contributed by atoms with Gasteiger partial charge in [0, 0.05) is 13.1 Å². The number of fused-ring (bicyclic) bond motifs is 2. The molecule has 0 amide bonds. The van der Waals surface area contributed by atoms with Gasteiger partial charge in [0.15, 0.2) is 21.6 Å². The van der Waals surface area contributed by atoms with Crippen molar-refractivity contribution in [2.24, 2.45) is 0 Å². The topological polar surface area (TPSA) is 87.2 Å². The molecule has 4 rings (SSSR count). The van der Waals surface area contributed by atoms with E-state index in [0.717, 1.165) is 43.1 Å². The highest BCUT2D eigenvalue weighted by Gasteiger charge is 2.16. The van der Waals surface area contributed by atoms with Crippen molar-refractivity contribution >= 4 is 57.1 Å². The fourth-order valence-electron chi connectivity index (χ4n) is 3.37. The molecule has 28 heavy (non-hydrogen) atoms. The van der Waals surface area contributed by atoms with E-state index in [2.05, 4.69) is 34.5 Å². The van der Waals surface area contributed by atoms with E-state index in [1.165, 1.54) is 0 Å². The van der Waals surface area contributed by atoms with Crippen molar-refractivity contribution in [3.63, 3.8) is 0 Å². The second kappa shape index (κ2) is 7.42. The van der Waals surface area contributed by atoms with E-state index in [9.17, 15) is 0 Å². The molecule has 0 N–H and O–H groups in total. The number of unbranched alkanes of at least 4 members (excludes halogenated alkanes) is 1. The monoisotopic (exact) mass is 438 g/mol. The maximum atomic E-state index is 6.33. The first-order valence-corrected chi connectivity index (χ1v) is 9.91. The number of hydrogen-bond donors (Lipinski definition) is 0. The van der Waals surface area contributed by atoms with E-state index >= 15 is 0 Å². The van der Waals surface area contributed by atoms with Crippen LogP contribution in [0, 0.1) is 20.8 Å². The predicted octanol–water partition coefficient (Wildman–Crippen LogP) is 4.33. The minimum atomic E-state index is 0.0962. The molecule has 11 heteroatoms. The van der Waals surface area contributed by atoms with Crippen LogP contribution in [0.1, 0.15) is 30.3 Å². The average Bonchev–Trinajstić information content (AvgIpc) is 3.07. The summed E-state index contributed by atoms with van der Waals surface area (Å²) in [5, 5.41) is 0.839. The Balaban J connectivity index is 1.52. The molecule has 4 aromatic rings. The summed E-state index contributed by atoms with van der Waals surface area (Å²) in [5.41, 5.74) is 2.63. The van der Waals surface area contributed by atoms with Gasteiger partial charge in [0.05, 0.1) is 0 Å². The van der Waals surface area contributed by atoms with Gasteiger partial charge in [0.25, 0.3) is 0 Å². The summed E-state index contributed by atoms with van der Waals surface area (Å²) in [6.45, 7) is 7.17. The first-order valence-electron chi connectivity index (χ1n) is 8.78. The van der Waals surface area contributed by atoms with Gasteiger partial charge in [-0.1, -0.05) is 23.2 Å². The molecule has 146 valence electrons. The normalized spacial score (nSPS) is 11.8. The van der Waals surface area contributed by atoms with E-state index in [-0.39, 0.29) is 5.28 Å². The highest BCUT2D eigenvalue weighted by Crippen LogP contribution is 2.25. The van der Waals surface area contributed by atoms with Gasteiger partial charge in [-0.05, 0) is 45.2 Å². The van der Waals surface area contributed by atoms with Gasteiger partial charge in [-0.15, -0.1) is 0 Å². The summed E-state index contributed by atoms with van der Waals surface area (Å²) >= 11 is 18.5. The molecule has 0 saturated heterocycles. The van der Waals surface area contributed by atoms with Crippen molar-refractivity contribution in [2.75, 3.05) is 0 Å². The molecule has 4 heterocycles. The summed E-state index contributed by atoms with van der Waals surface area (Å²) < 4.78 is 4.08. The van der Waals surface area contributed by atoms with Crippen LogP contribution >= 0.6 is 34.8 Å². The van der Waals surface area contributed by atoms with Gasteiger partial charge in [0.2, 0.25) is 5.28 Å². The van der Waals surface area contributed by atoms with Crippen LogP contribution in [-0.2, 0) is 13.1 Å². The molecule has 0 spiro atoms. The second-order valence-corrected chi connectivity index (χ2v) is 7.57. The maximum Gasteiger partial charge on any atom is 0.225 e. The summed E-state index contributed by atoms with van der Waals surface area (Å²) in [4.78, 5) is 25.7. The lowest BCUT2D eigenvalue weighted by Gasteiger charge is -2.10. The molecule has 0 bridgehead atoms. The number of hydrogen-bond acceptors (Lipinski definition) is 6. The summed E-state index contributed by atoms with van der Waals surface area (Å²) in [5.74, 6) is 2.31. The smallest absolute Gasteiger partial charge is 0.225 e. The molecule has 0 saturated carbocycles. The Labute approximate surface area is 175 Å². The molecular weight excluding hydrogens is 423 g/mol. The van der Waals surface area contributed by atoms with Crippen molar-refractivity contribution in [1.82, 2.24) is 39.0 Å². The Morgan fingerprint density at radius 1 is 0.643 bits per heavy atom. The number of aromatic nitrogens is 8. The van der Waals surface area contributed by atoms with Crippen molar-refractivity contribution in [3.05, 3.63) is 33.1 Å². The Morgan fingerprint density at radius 2 is 1.14 bits per heavy atom. The van der Waals surface area contributed by atoms with Crippen LogP contribution < -0.4 is 0 Å².